The minimum atomic E-state index is 0.347. The second-order valence-electron chi connectivity index (χ2n) is 4.10. The van der Waals surface area contributed by atoms with Gasteiger partial charge in [-0.15, -0.1) is 0 Å². The fraction of sp³-hybridized carbons (Fsp3) is 0.455. The van der Waals surface area contributed by atoms with E-state index in [1.54, 1.807) is 12.1 Å². The minimum Gasteiger partial charge on any atom is -0.444 e. The van der Waals surface area contributed by atoms with Crippen molar-refractivity contribution in [2.75, 3.05) is 13.1 Å². The van der Waals surface area contributed by atoms with Crippen molar-refractivity contribution in [1.29, 1.82) is 0 Å². The second-order valence-corrected chi connectivity index (χ2v) is 4.89. The first-order chi connectivity index (χ1) is 8.33. The molecule has 1 saturated heterocycles. The molecule has 5 nitrogen and oxygen atoms in total. The van der Waals surface area contributed by atoms with Crippen LogP contribution in [0.5, 0.6) is 0 Å². The summed E-state index contributed by atoms with van der Waals surface area (Å²) in [5, 5.41) is 7.36. The van der Waals surface area contributed by atoms with E-state index in [2.05, 4.69) is 31.4 Å². The van der Waals surface area contributed by atoms with E-state index in [0.29, 0.717) is 22.2 Å². The molecule has 0 amide bonds. The van der Waals surface area contributed by atoms with Gasteiger partial charge in [0, 0.05) is 12.5 Å². The quantitative estimate of drug-likeness (QED) is 0.923. The molecule has 1 fully saturated rings. The van der Waals surface area contributed by atoms with Crippen LogP contribution in [0.2, 0.25) is 0 Å². The zero-order chi connectivity index (χ0) is 11.7. The molecule has 1 N–H and O–H groups in total. The van der Waals surface area contributed by atoms with Crippen LogP contribution in [0.3, 0.4) is 0 Å². The molecule has 0 spiro atoms. The van der Waals surface area contributed by atoms with Crippen LogP contribution in [-0.2, 0) is 0 Å². The maximum atomic E-state index is 5.38. The van der Waals surface area contributed by atoms with Gasteiger partial charge in [-0.3, -0.25) is 0 Å². The molecule has 3 heterocycles. The molecule has 1 aliphatic heterocycles. The molecule has 17 heavy (non-hydrogen) atoms. The Bertz CT molecular complexity index is 502. The molecule has 1 atom stereocenters. The van der Waals surface area contributed by atoms with E-state index in [-0.39, 0.29) is 0 Å². The predicted molar refractivity (Wildman–Crippen MR) is 64.5 cm³/mol. The molecule has 2 aromatic rings. The average Bonchev–Trinajstić information content (AvgIpc) is 2.98. The van der Waals surface area contributed by atoms with Gasteiger partial charge in [0.1, 0.15) is 0 Å². The molecule has 2 aromatic heterocycles. The number of hydrogen-bond donors (Lipinski definition) is 1. The maximum absolute atomic E-state index is 5.38. The summed E-state index contributed by atoms with van der Waals surface area (Å²) in [6.45, 7) is 1.99. The average molecular weight is 298 g/mol. The Kier molecular flexibility index (Phi) is 2.98. The lowest BCUT2D eigenvalue weighted by atomic mass is 9.99. The maximum Gasteiger partial charge on any atom is 0.293 e. The van der Waals surface area contributed by atoms with Crippen LogP contribution in [0.4, 0.5) is 0 Å². The number of furan rings is 1. The van der Waals surface area contributed by atoms with Crippen LogP contribution >= 0.6 is 15.9 Å². The standard InChI is InChI=1S/C11H12BrN3O2/c12-9-4-3-8(16-9)11-14-10(15-17-11)7-2-1-5-13-6-7/h3-4,7,13H,1-2,5-6H2. The molecule has 0 radical (unpaired) electrons. The highest BCUT2D eigenvalue weighted by molar-refractivity contribution is 9.10. The summed E-state index contributed by atoms with van der Waals surface area (Å²) in [6.07, 6.45) is 2.26. The van der Waals surface area contributed by atoms with Crippen molar-refractivity contribution in [3.8, 4) is 11.7 Å². The van der Waals surface area contributed by atoms with Crippen molar-refractivity contribution >= 4 is 15.9 Å². The molecule has 3 rings (SSSR count). The predicted octanol–water partition coefficient (Wildman–Crippen LogP) is 2.56. The summed E-state index contributed by atoms with van der Waals surface area (Å²) >= 11 is 3.25. The van der Waals surface area contributed by atoms with Crippen molar-refractivity contribution in [3.05, 3.63) is 22.6 Å². The van der Waals surface area contributed by atoms with E-state index >= 15 is 0 Å². The first-order valence-corrected chi connectivity index (χ1v) is 6.42. The lowest BCUT2D eigenvalue weighted by molar-refractivity contribution is 0.386. The van der Waals surface area contributed by atoms with E-state index in [1.165, 1.54) is 0 Å². The second kappa shape index (κ2) is 4.62. The lowest BCUT2D eigenvalue weighted by Crippen LogP contribution is -2.28. The smallest absolute Gasteiger partial charge is 0.293 e. The van der Waals surface area contributed by atoms with Crippen LogP contribution < -0.4 is 5.32 Å². The fourth-order valence-electron chi connectivity index (χ4n) is 2.00. The fourth-order valence-corrected chi connectivity index (χ4v) is 2.31. The van der Waals surface area contributed by atoms with Crippen molar-refractivity contribution < 1.29 is 8.94 Å². The summed E-state index contributed by atoms with van der Waals surface area (Å²) < 4.78 is 11.2. The molecule has 1 unspecified atom stereocenters. The van der Waals surface area contributed by atoms with Gasteiger partial charge in [-0.25, -0.2) is 0 Å². The molecule has 0 bridgehead atoms. The molecule has 0 aromatic carbocycles. The topological polar surface area (TPSA) is 64.1 Å². The van der Waals surface area contributed by atoms with E-state index in [9.17, 15) is 0 Å². The van der Waals surface area contributed by atoms with Gasteiger partial charge in [-0.05, 0) is 47.4 Å². The van der Waals surface area contributed by atoms with Crippen molar-refractivity contribution in [1.82, 2.24) is 15.5 Å². The largest absolute Gasteiger partial charge is 0.444 e. The Balaban J connectivity index is 1.82. The molecule has 0 saturated carbocycles. The van der Waals surface area contributed by atoms with E-state index in [1.807, 2.05) is 0 Å². The Labute approximate surface area is 107 Å². The monoisotopic (exact) mass is 297 g/mol. The third-order valence-electron chi connectivity index (χ3n) is 2.89. The summed E-state index contributed by atoms with van der Waals surface area (Å²) in [5.41, 5.74) is 0. The van der Waals surface area contributed by atoms with Crippen molar-refractivity contribution in [2.24, 2.45) is 0 Å². The molecule has 1 aliphatic rings. The van der Waals surface area contributed by atoms with Crippen molar-refractivity contribution in [2.45, 2.75) is 18.8 Å². The van der Waals surface area contributed by atoms with Gasteiger partial charge in [0.25, 0.3) is 5.89 Å². The van der Waals surface area contributed by atoms with Gasteiger partial charge < -0.3 is 14.3 Å². The number of nitrogens with zero attached hydrogens (tertiary/aromatic N) is 2. The van der Waals surface area contributed by atoms with Gasteiger partial charge in [-0.2, -0.15) is 4.98 Å². The summed E-state index contributed by atoms with van der Waals surface area (Å²) in [6, 6.07) is 3.61. The van der Waals surface area contributed by atoms with Crippen molar-refractivity contribution in [3.63, 3.8) is 0 Å². The van der Waals surface area contributed by atoms with Crippen LogP contribution in [-0.4, -0.2) is 23.2 Å². The van der Waals surface area contributed by atoms with Crippen LogP contribution in [0.25, 0.3) is 11.7 Å². The number of rotatable bonds is 2. The number of halogens is 1. The SMILES string of the molecule is Brc1ccc(-c2nc(C3CCCNC3)no2)o1. The normalized spacial score (nSPS) is 20.6. The van der Waals surface area contributed by atoms with Crippen LogP contribution in [0.15, 0.2) is 25.7 Å². The number of piperidine rings is 1. The summed E-state index contributed by atoms with van der Waals surface area (Å²) in [7, 11) is 0. The molecule has 0 aliphatic carbocycles. The highest BCUT2D eigenvalue weighted by Crippen LogP contribution is 2.26. The van der Waals surface area contributed by atoms with E-state index in [0.717, 1.165) is 31.8 Å². The zero-order valence-corrected chi connectivity index (χ0v) is 10.7. The third-order valence-corrected chi connectivity index (χ3v) is 3.31. The number of nitrogens with one attached hydrogen (secondary N) is 1. The summed E-state index contributed by atoms with van der Waals surface area (Å²) in [4.78, 5) is 4.39. The van der Waals surface area contributed by atoms with E-state index in [4.69, 9.17) is 8.94 Å². The van der Waals surface area contributed by atoms with E-state index < -0.39 is 0 Å². The molecular formula is C11H12BrN3O2. The van der Waals surface area contributed by atoms with Gasteiger partial charge in [-0.1, -0.05) is 5.16 Å². The Morgan fingerprint density at radius 1 is 1.41 bits per heavy atom. The number of hydrogen-bond acceptors (Lipinski definition) is 5. The van der Waals surface area contributed by atoms with Crippen LogP contribution in [0, 0.1) is 0 Å². The highest BCUT2D eigenvalue weighted by atomic mass is 79.9. The number of aromatic nitrogens is 2. The zero-order valence-electron chi connectivity index (χ0n) is 9.15. The van der Waals surface area contributed by atoms with Gasteiger partial charge in [0.2, 0.25) is 0 Å². The molecular weight excluding hydrogens is 286 g/mol. The lowest BCUT2D eigenvalue weighted by Gasteiger charge is -2.19. The highest BCUT2D eigenvalue weighted by Gasteiger charge is 2.22. The molecule has 90 valence electrons. The van der Waals surface area contributed by atoms with Gasteiger partial charge in [0.15, 0.2) is 16.3 Å². The Morgan fingerprint density at radius 2 is 2.35 bits per heavy atom. The summed E-state index contributed by atoms with van der Waals surface area (Å²) in [5.74, 6) is 2.15. The first kappa shape index (κ1) is 11.0. The Morgan fingerprint density at radius 3 is 3.06 bits per heavy atom. The van der Waals surface area contributed by atoms with Crippen LogP contribution in [0.1, 0.15) is 24.6 Å². The minimum absolute atomic E-state index is 0.347. The van der Waals surface area contributed by atoms with Gasteiger partial charge >= 0.3 is 0 Å². The first-order valence-electron chi connectivity index (χ1n) is 5.63. The van der Waals surface area contributed by atoms with Gasteiger partial charge in [0.05, 0.1) is 0 Å². The molecule has 6 heteroatoms. The third kappa shape index (κ3) is 2.28. The Hall–Kier alpha value is -1.14.